The van der Waals surface area contributed by atoms with Crippen LogP contribution in [0.1, 0.15) is 20.7 Å². The minimum atomic E-state index is -1.20. The summed E-state index contributed by atoms with van der Waals surface area (Å²) < 4.78 is 5.50. The standard InChI is InChI=1S/C17H10O7/c18-13-11-7-10(17(22)23)5-6-12(11)24-15(14(13)19)8-1-3-9(4-2-8)16(20)21/h1-7,19H,(H,20,21)(H,22,23). The lowest BCUT2D eigenvalue weighted by Crippen LogP contribution is -2.05. The van der Waals surface area contributed by atoms with E-state index in [4.69, 9.17) is 14.6 Å². The van der Waals surface area contributed by atoms with E-state index in [1.165, 1.54) is 36.4 Å². The zero-order chi connectivity index (χ0) is 17.4. The number of carboxylic acids is 2. The van der Waals surface area contributed by atoms with Gasteiger partial charge in [0.05, 0.1) is 16.5 Å². The monoisotopic (exact) mass is 326 g/mol. The van der Waals surface area contributed by atoms with Crippen molar-refractivity contribution in [2.75, 3.05) is 0 Å². The summed E-state index contributed by atoms with van der Waals surface area (Å²) >= 11 is 0. The molecule has 7 heteroatoms. The van der Waals surface area contributed by atoms with Crippen LogP contribution in [-0.2, 0) is 0 Å². The highest BCUT2D eigenvalue weighted by Crippen LogP contribution is 2.30. The van der Waals surface area contributed by atoms with Crippen molar-refractivity contribution < 1.29 is 29.3 Å². The van der Waals surface area contributed by atoms with Gasteiger partial charge in [0.1, 0.15) is 5.58 Å². The largest absolute Gasteiger partial charge is 0.502 e. The summed E-state index contributed by atoms with van der Waals surface area (Å²) in [5.74, 6) is -3.10. The maximum Gasteiger partial charge on any atom is 0.335 e. The van der Waals surface area contributed by atoms with Crippen molar-refractivity contribution in [3.63, 3.8) is 0 Å². The fourth-order valence-electron chi connectivity index (χ4n) is 2.28. The Labute approximate surface area is 134 Å². The lowest BCUT2D eigenvalue weighted by Gasteiger charge is -2.07. The van der Waals surface area contributed by atoms with Crippen LogP contribution < -0.4 is 5.43 Å². The highest BCUT2D eigenvalue weighted by molar-refractivity contribution is 5.93. The molecule has 0 radical (unpaired) electrons. The maximum atomic E-state index is 12.3. The Hall–Kier alpha value is -3.61. The Morgan fingerprint density at radius 3 is 2.04 bits per heavy atom. The number of fused-ring (bicyclic) bond motifs is 1. The van der Waals surface area contributed by atoms with Gasteiger partial charge in [-0.25, -0.2) is 9.59 Å². The summed E-state index contributed by atoms with van der Waals surface area (Å²) in [7, 11) is 0. The molecule has 0 aliphatic carbocycles. The predicted molar refractivity (Wildman–Crippen MR) is 83.5 cm³/mol. The number of benzene rings is 2. The quantitative estimate of drug-likeness (QED) is 0.675. The van der Waals surface area contributed by atoms with E-state index in [1.54, 1.807) is 0 Å². The van der Waals surface area contributed by atoms with Gasteiger partial charge in [-0.1, -0.05) is 12.1 Å². The van der Waals surface area contributed by atoms with Crippen LogP contribution in [0.3, 0.4) is 0 Å². The zero-order valence-electron chi connectivity index (χ0n) is 12.0. The summed E-state index contributed by atoms with van der Waals surface area (Å²) in [5.41, 5.74) is -0.393. The molecule has 0 atom stereocenters. The first kappa shape index (κ1) is 15.3. The van der Waals surface area contributed by atoms with Crippen LogP contribution in [0.15, 0.2) is 51.7 Å². The maximum absolute atomic E-state index is 12.3. The molecule has 1 aromatic heterocycles. The number of hydrogen-bond donors (Lipinski definition) is 3. The van der Waals surface area contributed by atoms with Gasteiger partial charge in [-0.15, -0.1) is 0 Å². The van der Waals surface area contributed by atoms with E-state index in [1.807, 2.05) is 0 Å². The van der Waals surface area contributed by atoms with E-state index < -0.39 is 23.1 Å². The Balaban J connectivity index is 2.21. The Kier molecular flexibility index (Phi) is 3.53. The third-order valence-corrected chi connectivity index (χ3v) is 3.51. The second kappa shape index (κ2) is 5.54. The predicted octanol–water partition coefficient (Wildman–Crippen LogP) is 2.56. The summed E-state index contributed by atoms with van der Waals surface area (Å²) in [5, 5.41) is 27.9. The van der Waals surface area contributed by atoms with Crippen LogP contribution in [0.25, 0.3) is 22.3 Å². The summed E-state index contributed by atoms with van der Waals surface area (Å²) in [4.78, 5) is 34.1. The normalized spacial score (nSPS) is 10.7. The molecule has 120 valence electrons. The number of aromatic carboxylic acids is 2. The molecule has 7 nitrogen and oxygen atoms in total. The van der Waals surface area contributed by atoms with Crippen LogP contribution in [-0.4, -0.2) is 27.3 Å². The van der Waals surface area contributed by atoms with E-state index in [9.17, 15) is 19.5 Å². The van der Waals surface area contributed by atoms with Gasteiger partial charge in [0.25, 0.3) is 0 Å². The van der Waals surface area contributed by atoms with Gasteiger partial charge in [0.2, 0.25) is 11.2 Å². The molecule has 0 spiro atoms. The van der Waals surface area contributed by atoms with Crippen molar-refractivity contribution in [3.05, 3.63) is 63.8 Å². The molecule has 1 heterocycles. The molecule has 3 rings (SSSR count). The highest BCUT2D eigenvalue weighted by atomic mass is 16.4. The fourth-order valence-corrected chi connectivity index (χ4v) is 2.28. The lowest BCUT2D eigenvalue weighted by molar-refractivity contribution is 0.0686. The van der Waals surface area contributed by atoms with Gasteiger partial charge in [-0.2, -0.15) is 0 Å². The third kappa shape index (κ3) is 2.48. The lowest BCUT2D eigenvalue weighted by atomic mass is 10.1. The molecule has 2 aromatic carbocycles. The minimum absolute atomic E-state index is 0.0486. The van der Waals surface area contributed by atoms with E-state index in [2.05, 4.69) is 0 Å². The van der Waals surface area contributed by atoms with Crippen molar-refractivity contribution in [3.8, 4) is 17.1 Å². The molecule has 0 bridgehead atoms. The minimum Gasteiger partial charge on any atom is -0.502 e. The molecule has 0 saturated heterocycles. The number of hydrogen-bond acceptors (Lipinski definition) is 5. The van der Waals surface area contributed by atoms with Gasteiger partial charge in [0.15, 0.2) is 5.76 Å². The van der Waals surface area contributed by atoms with Gasteiger partial charge >= 0.3 is 11.9 Å². The zero-order valence-corrected chi connectivity index (χ0v) is 12.0. The molecule has 0 saturated carbocycles. The highest BCUT2D eigenvalue weighted by Gasteiger charge is 2.17. The van der Waals surface area contributed by atoms with Crippen molar-refractivity contribution >= 4 is 22.9 Å². The van der Waals surface area contributed by atoms with Crippen LogP contribution >= 0.6 is 0 Å². The van der Waals surface area contributed by atoms with Crippen molar-refractivity contribution in [1.29, 1.82) is 0 Å². The van der Waals surface area contributed by atoms with Crippen LogP contribution in [0.5, 0.6) is 5.75 Å². The van der Waals surface area contributed by atoms with E-state index >= 15 is 0 Å². The van der Waals surface area contributed by atoms with E-state index in [-0.39, 0.29) is 27.9 Å². The van der Waals surface area contributed by atoms with Gasteiger partial charge in [-0.3, -0.25) is 4.79 Å². The van der Waals surface area contributed by atoms with Gasteiger partial charge < -0.3 is 19.7 Å². The molecule has 0 aliphatic heterocycles. The second-order valence-corrected chi connectivity index (χ2v) is 5.01. The summed E-state index contributed by atoms with van der Waals surface area (Å²) in [6.07, 6.45) is 0. The van der Waals surface area contributed by atoms with Gasteiger partial charge in [-0.05, 0) is 30.3 Å². The molecule has 3 aromatic rings. The summed E-state index contributed by atoms with van der Waals surface area (Å²) in [6, 6.07) is 9.17. The Morgan fingerprint density at radius 1 is 0.875 bits per heavy atom. The SMILES string of the molecule is O=C(O)c1ccc(-c2oc3ccc(C(=O)O)cc3c(=O)c2O)cc1. The molecule has 0 amide bonds. The summed E-state index contributed by atoms with van der Waals surface area (Å²) in [6.45, 7) is 0. The first-order valence-corrected chi connectivity index (χ1v) is 6.75. The first-order valence-electron chi connectivity index (χ1n) is 6.75. The fraction of sp³-hybridized carbons (Fsp3) is 0. The second-order valence-electron chi connectivity index (χ2n) is 5.01. The average Bonchev–Trinajstić information content (AvgIpc) is 2.57. The smallest absolute Gasteiger partial charge is 0.335 e. The van der Waals surface area contributed by atoms with Crippen molar-refractivity contribution in [1.82, 2.24) is 0 Å². The number of carboxylic acid groups (broad SMARTS) is 2. The van der Waals surface area contributed by atoms with E-state index in [0.29, 0.717) is 5.56 Å². The van der Waals surface area contributed by atoms with Crippen LogP contribution in [0, 0.1) is 0 Å². The molecule has 0 aliphatic rings. The Bertz CT molecular complexity index is 1030. The first-order chi connectivity index (χ1) is 11.4. The van der Waals surface area contributed by atoms with Crippen molar-refractivity contribution in [2.24, 2.45) is 0 Å². The Morgan fingerprint density at radius 2 is 1.46 bits per heavy atom. The number of rotatable bonds is 3. The number of carbonyl (C=O) groups is 2. The third-order valence-electron chi connectivity index (χ3n) is 3.51. The average molecular weight is 326 g/mol. The molecular formula is C17H10O7. The molecule has 0 unspecified atom stereocenters. The molecule has 24 heavy (non-hydrogen) atoms. The van der Waals surface area contributed by atoms with E-state index in [0.717, 1.165) is 6.07 Å². The van der Waals surface area contributed by atoms with Crippen molar-refractivity contribution in [2.45, 2.75) is 0 Å². The number of aromatic hydroxyl groups is 1. The molecule has 0 fully saturated rings. The molecular weight excluding hydrogens is 316 g/mol. The van der Waals surface area contributed by atoms with Gasteiger partial charge in [0, 0.05) is 5.56 Å². The topological polar surface area (TPSA) is 125 Å². The van der Waals surface area contributed by atoms with Crippen LogP contribution in [0.4, 0.5) is 0 Å². The molecule has 3 N–H and O–H groups in total. The van der Waals surface area contributed by atoms with Crippen LogP contribution in [0.2, 0.25) is 0 Å².